The van der Waals surface area contributed by atoms with E-state index in [1.165, 1.54) is 11.1 Å². The molecular formula is C18H22N+. The van der Waals surface area contributed by atoms with Gasteiger partial charge in [-0.2, -0.15) is 0 Å². The van der Waals surface area contributed by atoms with Gasteiger partial charge in [0.15, 0.2) is 0 Å². The van der Waals surface area contributed by atoms with Crippen LogP contribution in [0, 0.1) is 0 Å². The summed E-state index contributed by atoms with van der Waals surface area (Å²) >= 11 is 0. The van der Waals surface area contributed by atoms with E-state index in [0.29, 0.717) is 0 Å². The highest BCUT2D eigenvalue weighted by Gasteiger charge is 2.28. The summed E-state index contributed by atoms with van der Waals surface area (Å²) in [6.07, 6.45) is 2.97. The van der Waals surface area contributed by atoms with Gasteiger partial charge in [0.2, 0.25) is 0 Å². The van der Waals surface area contributed by atoms with E-state index < -0.39 is 0 Å². The van der Waals surface area contributed by atoms with Crippen molar-refractivity contribution in [2.45, 2.75) is 25.4 Å². The van der Waals surface area contributed by atoms with Gasteiger partial charge in [-0.1, -0.05) is 66.7 Å². The molecule has 0 aliphatic rings. The molecule has 0 fully saturated rings. The Morgan fingerprint density at radius 3 is 2.16 bits per heavy atom. The summed E-state index contributed by atoms with van der Waals surface area (Å²) in [6.45, 7) is 7.18. The van der Waals surface area contributed by atoms with Crippen LogP contribution in [0.4, 0.5) is 0 Å². The Bertz CT molecular complexity index is 504. The normalized spacial score (nSPS) is 13.7. The molecule has 0 saturated carbocycles. The molecule has 0 amide bonds. The molecular weight excluding hydrogens is 230 g/mol. The van der Waals surface area contributed by atoms with E-state index in [1.807, 2.05) is 6.08 Å². The molecule has 1 atom stereocenters. The second-order valence-electron chi connectivity index (χ2n) is 5.17. The van der Waals surface area contributed by atoms with Gasteiger partial charge in [0.1, 0.15) is 12.1 Å². The monoisotopic (exact) mass is 252 g/mol. The molecule has 2 rings (SSSR count). The van der Waals surface area contributed by atoms with Gasteiger partial charge in [-0.15, -0.1) is 6.58 Å². The second kappa shape index (κ2) is 6.35. The summed E-state index contributed by atoms with van der Waals surface area (Å²) in [5, 5.41) is 2.40. The lowest BCUT2D eigenvalue weighted by Crippen LogP contribution is -2.92. The molecule has 98 valence electrons. The first-order valence-corrected chi connectivity index (χ1v) is 6.79. The quantitative estimate of drug-likeness (QED) is 0.760. The van der Waals surface area contributed by atoms with Crippen molar-refractivity contribution in [1.82, 2.24) is 0 Å². The molecule has 2 aromatic rings. The minimum atomic E-state index is 0.0544. The van der Waals surface area contributed by atoms with Crippen LogP contribution in [0.2, 0.25) is 0 Å². The van der Waals surface area contributed by atoms with E-state index in [0.717, 1.165) is 13.0 Å². The lowest BCUT2D eigenvalue weighted by Gasteiger charge is -2.27. The van der Waals surface area contributed by atoms with Crippen molar-refractivity contribution in [3.05, 3.63) is 84.4 Å². The highest BCUT2D eigenvalue weighted by atomic mass is 15.0. The van der Waals surface area contributed by atoms with E-state index in [1.54, 1.807) is 0 Å². The fourth-order valence-corrected chi connectivity index (χ4v) is 2.39. The third-order valence-corrected chi connectivity index (χ3v) is 3.63. The molecule has 2 N–H and O–H groups in total. The first-order valence-electron chi connectivity index (χ1n) is 6.79. The molecule has 0 aromatic heterocycles. The first kappa shape index (κ1) is 13.6. The Morgan fingerprint density at radius 2 is 1.58 bits per heavy atom. The topological polar surface area (TPSA) is 16.6 Å². The maximum absolute atomic E-state index is 3.91. The van der Waals surface area contributed by atoms with Crippen LogP contribution in [0.1, 0.15) is 24.5 Å². The largest absolute Gasteiger partial charge is 0.334 e. The van der Waals surface area contributed by atoms with Gasteiger partial charge in [-0.3, -0.25) is 0 Å². The average Bonchev–Trinajstić information content (AvgIpc) is 2.48. The number of nitrogens with two attached hydrogens (primary N) is 1. The maximum atomic E-state index is 3.91. The fraction of sp³-hybridized carbons (Fsp3) is 0.222. The highest BCUT2D eigenvalue weighted by Crippen LogP contribution is 2.20. The molecule has 19 heavy (non-hydrogen) atoms. The van der Waals surface area contributed by atoms with Gasteiger partial charge in [0.25, 0.3) is 0 Å². The van der Waals surface area contributed by atoms with Gasteiger partial charge >= 0.3 is 0 Å². The van der Waals surface area contributed by atoms with Crippen LogP contribution in [0.25, 0.3) is 0 Å². The summed E-state index contributed by atoms with van der Waals surface area (Å²) in [6, 6.07) is 21.3. The molecule has 0 heterocycles. The van der Waals surface area contributed by atoms with Gasteiger partial charge in [0.05, 0.1) is 0 Å². The van der Waals surface area contributed by atoms with Crippen LogP contribution < -0.4 is 5.32 Å². The van der Waals surface area contributed by atoms with Gasteiger partial charge in [0, 0.05) is 17.5 Å². The number of rotatable bonds is 6. The van der Waals surface area contributed by atoms with Crippen molar-refractivity contribution < 1.29 is 5.32 Å². The van der Waals surface area contributed by atoms with Crippen molar-refractivity contribution >= 4 is 0 Å². The molecule has 1 nitrogen and oxygen atoms in total. The second-order valence-corrected chi connectivity index (χ2v) is 5.17. The van der Waals surface area contributed by atoms with Crippen LogP contribution >= 0.6 is 0 Å². The Kier molecular flexibility index (Phi) is 4.53. The summed E-state index contributed by atoms with van der Waals surface area (Å²) in [5.74, 6) is 0. The van der Waals surface area contributed by atoms with Crippen LogP contribution in [0.3, 0.4) is 0 Å². The van der Waals surface area contributed by atoms with Crippen molar-refractivity contribution in [3.8, 4) is 0 Å². The lowest BCUT2D eigenvalue weighted by molar-refractivity contribution is -0.747. The summed E-state index contributed by atoms with van der Waals surface area (Å²) in [5.41, 5.74) is 2.76. The molecule has 0 saturated heterocycles. The van der Waals surface area contributed by atoms with Crippen molar-refractivity contribution in [2.75, 3.05) is 0 Å². The molecule has 2 aromatic carbocycles. The summed E-state index contributed by atoms with van der Waals surface area (Å²) in [4.78, 5) is 0. The smallest absolute Gasteiger partial charge is 0.123 e. The van der Waals surface area contributed by atoms with Crippen molar-refractivity contribution in [1.29, 1.82) is 0 Å². The highest BCUT2D eigenvalue weighted by molar-refractivity contribution is 5.22. The van der Waals surface area contributed by atoms with Crippen LogP contribution in [-0.2, 0) is 12.1 Å². The SMILES string of the molecule is C=CC[C@](C)([NH2+]Cc1ccccc1)c1ccccc1. The molecule has 0 spiro atoms. The van der Waals surface area contributed by atoms with Crippen molar-refractivity contribution in [3.63, 3.8) is 0 Å². The maximum Gasteiger partial charge on any atom is 0.123 e. The van der Waals surface area contributed by atoms with E-state index >= 15 is 0 Å². The third-order valence-electron chi connectivity index (χ3n) is 3.63. The van der Waals surface area contributed by atoms with Gasteiger partial charge < -0.3 is 5.32 Å². The molecule has 0 radical (unpaired) electrons. The van der Waals surface area contributed by atoms with Gasteiger partial charge in [-0.25, -0.2) is 0 Å². The standard InChI is InChI=1S/C18H21N/c1-3-14-18(2,17-12-8-5-9-13-17)19-15-16-10-6-4-7-11-16/h3-13,19H,1,14-15H2,2H3/p+1/t18-/m0/s1. The summed E-state index contributed by atoms with van der Waals surface area (Å²) in [7, 11) is 0. The van der Waals surface area contributed by atoms with Gasteiger partial charge in [-0.05, 0) is 6.92 Å². The third kappa shape index (κ3) is 3.55. The Hall–Kier alpha value is -1.86. The fourth-order valence-electron chi connectivity index (χ4n) is 2.39. The Balaban J connectivity index is 2.14. The zero-order valence-electron chi connectivity index (χ0n) is 11.5. The molecule has 0 aliphatic heterocycles. The van der Waals surface area contributed by atoms with E-state index in [9.17, 15) is 0 Å². The van der Waals surface area contributed by atoms with Crippen molar-refractivity contribution in [2.24, 2.45) is 0 Å². The first-order chi connectivity index (χ1) is 9.24. The van der Waals surface area contributed by atoms with E-state index in [4.69, 9.17) is 0 Å². The van der Waals surface area contributed by atoms with E-state index in [2.05, 4.69) is 79.5 Å². The van der Waals surface area contributed by atoms with Crippen LogP contribution in [0.15, 0.2) is 73.3 Å². The predicted octanol–water partition coefficient (Wildman–Crippen LogP) is 3.24. The molecule has 0 unspecified atom stereocenters. The summed E-state index contributed by atoms with van der Waals surface area (Å²) < 4.78 is 0. The lowest BCUT2D eigenvalue weighted by atomic mass is 9.88. The average molecular weight is 252 g/mol. The van der Waals surface area contributed by atoms with E-state index in [-0.39, 0.29) is 5.54 Å². The predicted molar refractivity (Wildman–Crippen MR) is 80.7 cm³/mol. The zero-order valence-corrected chi connectivity index (χ0v) is 11.5. The zero-order chi connectivity index (χ0) is 13.6. The van der Waals surface area contributed by atoms with Crippen LogP contribution in [-0.4, -0.2) is 0 Å². The minimum Gasteiger partial charge on any atom is -0.334 e. The number of quaternary nitrogens is 1. The Labute approximate surface area is 116 Å². The number of hydrogen-bond donors (Lipinski definition) is 1. The number of benzene rings is 2. The Morgan fingerprint density at radius 1 is 1.00 bits per heavy atom. The van der Waals surface area contributed by atoms with Crippen LogP contribution in [0.5, 0.6) is 0 Å². The number of hydrogen-bond acceptors (Lipinski definition) is 0. The molecule has 1 heteroatoms. The molecule has 0 bridgehead atoms. The minimum absolute atomic E-state index is 0.0544. The molecule has 0 aliphatic carbocycles.